The molecule has 6 nitrogen and oxygen atoms in total. The van der Waals surface area contributed by atoms with Crippen LogP contribution in [0.2, 0.25) is 0 Å². The first-order valence-electron chi connectivity index (χ1n) is 33.0. The lowest BCUT2D eigenvalue weighted by Crippen LogP contribution is -2.30. The Bertz CT molecular complexity index is 1810. The Morgan fingerprint density at radius 3 is 0.827 bits per heavy atom. The van der Waals surface area contributed by atoms with Gasteiger partial charge in [-0.25, -0.2) is 0 Å². The van der Waals surface area contributed by atoms with Crippen LogP contribution in [-0.4, -0.2) is 37.2 Å². The number of allylic oxidation sites excluding steroid dienone is 26. The van der Waals surface area contributed by atoms with Crippen LogP contribution in [0.15, 0.2) is 158 Å². The molecule has 0 aromatic rings. The predicted molar refractivity (Wildman–Crippen MR) is 352 cm³/mol. The third kappa shape index (κ3) is 65.7. The second kappa shape index (κ2) is 67.5. The average Bonchev–Trinajstić information content (AvgIpc) is 3.46. The molecule has 0 radical (unpaired) electrons. The molecule has 0 aliphatic carbocycles. The van der Waals surface area contributed by atoms with Crippen molar-refractivity contribution in [1.29, 1.82) is 0 Å². The van der Waals surface area contributed by atoms with Crippen molar-refractivity contribution < 1.29 is 28.6 Å². The first-order valence-corrected chi connectivity index (χ1v) is 33.0. The van der Waals surface area contributed by atoms with Gasteiger partial charge in [-0.05, 0) is 116 Å². The first kappa shape index (κ1) is 76.0. The zero-order valence-corrected chi connectivity index (χ0v) is 52.2. The average molecular weight is 1120 g/mol. The third-order valence-corrected chi connectivity index (χ3v) is 13.5. The normalized spacial score (nSPS) is 13.2. The smallest absolute Gasteiger partial charge is 0.306 e. The van der Waals surface area contributed by atoms with Crippen molar-refractivity contribution >= 4 is 17.9 Å². The topological polar surface area (TPSA) is 78.9 Å². The molecule has 0 spiro atoms. The van der Waals surface area contributed by atoms with Crippen LogP contribution in [-0.2, 0) is 28.6 Å². The number of hydrogen-bond donors (Lipinski definition) is 0. The van der Waals surface area contributed by atoms with Crippen LogP contribution in [0.4, 0.5) is 0 Å². The minimum atomic E-state index is -0.827. The largest absolute Gasteiger partial charge is 0.462 e. The first-order chi connectivity index (χ1) is 40.0. The van der Waals surface area contributed by atoms with Gasteiger partial charge in [-0.1, -0.05) is 301 Å². The predicted octanol–water partition coefficient (Wildman–Crippen LogP) is 22.9. The highest BCUT2D eigenvalue weighted by Crippen LogP contribution is 2.16. The quantitative estimate of drug-likeness (QED) is 0.0261. The SMILES string of the molecule is CC/C=C\C/C=C\C/C=C\C/C=C\C/C=C\C/C=C\C/C=C\C/C=C\C/C=C\CCCCCC(=O)OCC(COC(=O)CC/C=C\C/C=C\C/C=C\C/C=C\CC)OC(=O)CCCCCCCCCCCCCCCCCCCCC. The lowest BCUT2D eigenvalue weighted by Gasteiger charge is -2.18. The highest BCUT2D eigenvalue weighted by molar-refractivity contribution is 5.71. The molecule has 1 atom stereocenters. The Morgan fingerprint density at radius 2 is 0.506 bits per heavy atom. The van der Waals surface area contributed by atoms with Gasteiger partial charge >= 0.3 is 17.9 Å². The Morgan fingerprint density at radius 1 is 0.259 bits per heavy atom. The van der Waals surface area contributed by atoms with Crippen LogP contribution in [0.5, 0.6) is 0 Å². The molecule has 0 aromatic heterocycles. The number of hydrogen-bond acceptors (Lipinski definition) is 6. The Labute approximate surface area is 499 Å². The Balaban J connectivity index is 4.43. The van der Waals surface area contributed by atoms with Crippen molar-refractivity contribution in [1.82, 2.24) is 0 Å². The molecule has 0 heterocycles. The lowest BCUT2D eigenvalue weighted by molar-refractivity contribution is -0.166. The number of rotatable bonds is 58. The van der Waals surface area contributed by atoms with E-state index in [4.69, 9.17) is 14.2 Å². The van der Waals surface area contributed by atoms with Gasteiger partial charge in [-0.3, -0.25) is 14.4 Å². The zero-order valence-electron chi connectivity index (χ0n) is 52.2. The third-order valence-electron chi connectivity index (χ3n) is 13.5. The van der Waals surface area contributed by atoms with Crippen molar-refractivity contribution in [2.24, 2.45) is 0 Å². The molecular formula is C75H120O6. The van der Waals surface area contributed by atoms with E-state index in [-0.39, 0.29) is 37.5 Å². The molecule has 0 saturated heterocycles. The van der Waals surface area contributed by atoms with Crippen molar-refractivity contribution in [3.8, 4) is 0 Å². The van der Waals surface area contributed by atoms with Crippen LogP contribution >= 0.6 is 0 Å². The fourth-order valence-electron chi connectivity index (χ4n) is 8.68. The van der Waals surface area contributed by atoms with Crippen LogP contribution in [0.25, 0.3) is 0 Å². The monoisotopic (exact) mass is 1120 g/mol. The van der Waals surface area contributed by atoms with Gasteiger partial charge in [0.2, 0.25) is 0 Å². The van der Waals surface area contributed by atoms with E-state index in [9.17, 15) is 14.4 Å². The molecule has 0 amide bonds. The van der Waals surface area contributed by atoms with Crippen LogP contribution < -0.4 is 0 Å². The molecule has 456 valence electrons. The van der Waals surface area contributed by atoms with Gasteiger partial charge in [0.1, 0.15) is 13.2 Å². The van der Waals surface area contributed by atoms with Crippen molar-refractivity contribution in [3.63, 3.8) is 0 Å². The number of esters is 3. The van der Waals surface area contributed by atoms with Gasteiger partial charge in [0.15, 0.2) is 6.10 Å². The van der Waals surface area contributed by atoms with E-state index in [0.29, 0.717) is 19.3 Å². The highest BCUT2D eigenvalue weighted by Gasteiger charge is 2.19. The maximum Gasteiger partial charge on any atom is 0.306 e. The van der Waals surface area contributed by atoms with E-state index < -0.39 is 6.10 Å². The maximum atomic E-state index is 12.9. The van der Waals surface area contributed by atoms with Crippen molar-refractivity contribution in [3.05, 3.63) is 158 Å². The van der Waals surface area contributed by atoms with Gasteiger partial charge < -0.3 is 14.2 Å². The highest BCUT2D eigenvalue weighted by atomic mass is 16.6. The second-order valence-corrected chi connectivity index (χ2v) is 21.3. The number of unbranched alkanes of at least 4 members (excludes halogenated alkanes) is 21. The summed E-state index contributed by atoms with van der Waals surface area (Å²) >= 11 is 0. The minimum Gasteiger partial charge on any atom is -0.462 e. The zero-order chi connectivity index (χ0) is 58.5. The summed E-state index contributed by atoms with van der Waals surface area (Å²) in [6, 6.07) is 0. The molecule has 0 aromatic carbocycles. The van der Waals surface area contributed by atoms with E-state index in [1.54, 1.807) is 0 Å². The summed E-state index contributed by atoms with van der Waals surface area (Å²) in [5.74, 6) is -1.03. The van der Waals surface area contributed by atoms with Gasteiger partial charge in [-0.2, -0.15) is 0 Å². The number of carbonyl (C=O) groups is 3. The fourth-order valence-corrected chi connectivity index (χ4v) is 8.68. The molecule has 0 aliphatic heterocycles. The Hall–Kier alpha value is -4.97. The minimum absolute atomic E-state index is 0.122. The molecule has 0 fully saturated rings. The summed E-state index contributed by atoms with van der Waals surface area (Å²) in [4.78, 5) is 38.3. The maximum absolute atomic E-state index is 12.9. The fraction of sp³-hybridized carbons (Fsp3) is 0.613. The van der Waals surface area contributed by atoms with E-state index in [1.807, 2.05) is 12.2 Å². The standard InChI is InChI=1S/C75H120O6/c1-4-7-10-13-16-19-22-25-27-29-31-32-33-34-35-36-37-38-39-40-41-42-44-45-47-50-53-56-59-62-65-68-74(77)80-71-72(70-79-73(76)67-64-61-58-55-52-49-24-21-18-15-12-9-6-3)81-75(78)69-66-63-60-57-54-51-48-46-43-30-28-26-23-20-17-14-11-8-5-2/h7,9-10,12,16,18-19,21,25,27,31-32,34-35,37-38,40-41,44-45,49-50,52-53,58,61,72H,4-6,8,11,13-15,17,20,22-24,26,28-30,33,36,39,42-43,46-48,51,54-57,59-60,62-71H2,1-3H3/b10-7-,12-9-,19-16-,21-18-,27-25-,32-31-,35-34-,38-37-,41-40-,45-44-,52-49-,53-50-,61-58-. The van der Waals surface area contributed by atoms with Gasteiger partial charge in [-0.15, -0.1) is 0 Å². The molecule has 0 rings (SSSR count). The van der Waals surface area contributed by atoms with E-state index in [2.05, 4.69) is 167 Å². The summed E-state index contributed by atoms with van der Waals surface area (Å²) < 4.78 is 16.8. The molecular weight excluding hydrogens is 997 g/mol. The van der Waals surface area contributed by atoms with Gasteiger partial charge in [0, 0.05) is 19.3 Å². The molecule has 0 saturated carbocycles. The lowest BCUT2D eigenvalue weighted by atomic mass is 10.0. The molecule has 0 bridgehead atoms. The molecule has 0 N–H and O–H groups in total. The second-order valence-electron chi connectivity index (χ2n) is 21.3. The summed E-state index contributed by atoms with van der Waals surface area (Å²) in [5.41, 5.74) is 0. The molecule has 1 unspecified atom stereocenters. The number of carbonyl (C=O) groups excluding carboxylic acids is 3. The van der Waals surface area contributed by atoms with Gasteiger partial charge in [0.05, 0.1) is 0 Å². The summed E-state index contributed by atoms with van der Waals surface area (Å²) in [7, 11) is 0. The van der Waals surface area contributed by atoms with Crippen LogP contribution in [0.3, 0.4) is 0 Å². The molecule has 0 aliphatic rings. The van der Waals surface area contributed by atoms with E-state index in [1.165, 1.54) is 103 Å². The molecule has 81 heavy (non-hydrogen) atoms. The van der Waals surface area contributed by atoms with Crippen LogP contribution in [0.1, 0.15) is 278 Å². The van der Waals surface area contributed by atoms with E-state index >= 15 is 0 Å². The molecule has 6 heteroatoms. The van der Waals surface area contributed by atoms with Gasteiger partial charge in [0.25, 0.3) is 0 Å². The summed E-state index contributed by atoms with van der Waals surface area (Å²) in [5, 5.41) is 0. The summed E-state index contributed by atoms with van der Waals surface area (Å²) in [6.07, 6.45) is 98.5. The number of ether oxygens (including phenoxy) is 3. The summed E-state index contributed by atoms with van der Waals surface area (Å²) in [6.45, 7) is 6.33. The van der Waals surface area contributed by atoms with Crippen LogP contribution in [0, 0.1) is 0 Å². The van der Waals surface area contributed by atoms with Crippen molar-refractivity contribution in [2.75, 3.05) is 13.2 Å². The Kier molecular flexibility index (Phi) is 63.4. The van der Waals surface area contributed by atoms with E-state index in [0.717, 1.165) is 128 Å². The van der Waals surface area contributed by atoms with Crippen molar-refractivity contribution in [2.45, 2.75) is 284 Å².